The number of benzene rings is 1. The van der Waals surface area contributed by atoms with Gasteiger partial charge in [-0.2, -0.15) is 5.10 Å². The van der Waals surface area contributed by atoms with E-state index in [1.807, 2.05) is 26.0 Å². The van der Waals surface area contributed by atoms with Crippen LogP contribution in [-0.2, 0) is 9.59 Å². The molecule has 0 heterocycles. The number of amides is 2. The van der Waals surface area contributed by atoms with Gasteiger partial charge in [-0.1, -0.05) is 31.5 Å². The zero-order valence-electron chi connectivity index (χ0n) is 12.2. The molecule has 0 aromatic heterocycles. The Morgan fingerprint density at radius 2 is 1.90 bits per heavy atom. The van der Waals surface area contributed by atoms with Crippen molar-refractivity contribution in [3.8, 4) is 0 Å². The molecular weight excluding hydrogens is 254 g/mol. The molecule has 20 heavy (non-hydrogen) atoms. The van der Waals surface area contributed by atoms with Crippen molar-refractivity contribution >= 4 is 23.2 Å². The quantitative estimate of drug-likeness (QED) is 0.492. The lowest BCUT2D eigenvalue weighted by atomic mass is 10.2. The third kappa shape index (κ3) is 5.22. The number of rotatable bonds is 5. The van der Waals surface area contributed by atoms with E-state index in [1.54, 1.807) is 12.1 Å². The van der Waals surface area contributed by atoms with Crippen LogP contribution in [0.4, 0.5) is 5.69 Å². The van der Waals surface area contributed by atoms with Gasteiger partial charge in [0.2, 0.25) is 0 Å². The molecule has 1 aromatic carbocycles. The second-order valence-corrected chi connectivity index (χ2v) is 4.66. The molecule has 0 fully saturated rings. The van der Waals surface area contributed by atoms with Crippen LogP contribution in [0.5, 0.6) is 0 Å². The summed E-state index contributed by atoms with van der Waals surface area (Å²) in [6.45, 7) is 5.78. The molecule has 0 bridgehead atoms. The number of para-hydroxylation sites is 1. The molecule has 0 saturated heterocycles. The van der Waals surface area contributed by atoms with Gasteiger partial charge in [-0.25, -0.2) is 5.43 Å². The van der Waals surface area contributed by atoms with Crippen LogP contribution in [0.2, 0.25) is 0 Å². The van der Waals surface area contributed by atoms with E-state index in [2.05, 4.69) is 22.8 Å². The van der Waals surface area contributed by atoms with Crippen molar-refractivity contribution in [1.29, 1.82) is 0 Å². The van der Waals surface area contributed by atoms with E-state index in [9.17, 15) is 9.59 Å². The minimum atomic E-state index is -0.760. The number of hydrazone groups is 1. The molecule has 0 saturated carbocycles. The lowest BCUT2D eigenvalue weighted by Gasteiger charge is -2.07. The van der Waals surface area contributed by atoms with Crippen LogP contribution in [0, 0.1) is 6.92 Å². The maximum Gasteiger partial charge on any atom is 0.329 e. The summed E-state index contributed by atoms with van der Waals surface area (Å²) in [4.78, 5) is 23.3. The molecule has 5 nitrogen and oxygen atoms in total. The van der Waals surface area contributed by atoms with Gasteiger partial charge in [-0.3, -0.25) is 9.59 Å². The highest BCUT2D eigenvalue weighted by molar-refractivity contribution is 6.39. The van der Waals surface area contributed by atoms with E-state index in [4.69, 9.17) is 0 Å². The summed E-state index contributed by atoms with van der Waals surface area (Å²) >= 11 is 0. The minimum Gasteiger partial charge on any atom is -0.317 e. The second-order valence-electron chi connectivity index (χ2n) is 4.66. The first-order valence-electron chi connectivity index (χ1n) is 6.74. The number of anilines is 1. The first kappa shape index (κ1) is 15.9. The van der Waals surface area contributed by atoms with E-state index in [-0.39, 0.29) is 0 Å². The van der Waals surface area contributed by atoms with Crippen LogP contribution in [0.3, 0.4) is 0 Å². The summed E-state index contributed by atoms with van der Waals surface area (Å²) in [7, 11) is 0. The van der Waals surface area contributed by atoms with Gasteiger partial charge in [0.1, 0.15) is 0 Å². The van der Waals surface area contributed by atoms with Gasteiger partial charge in [-0.15, -0.1) is 0 Å². The highest BCUT2D eigenvalue weighted by Crippen LogP contribution is 2.12. The van der Waals surface area contributed by atoms with Crippen LogP contribution in [-0.4, -0.2) is 17.5 Å². The van der Waals surface area contributed by atoms with Crippen molar-refractivity contribution in [2.45, 2.75) is 40.0 Å². The summed E-state index contributed by atoms with van der Waals surface area (Å²) in [5, 5.41) is 6.46. The third-order valence-corrected chi connectivity index (χ3v) is 2.84. The van der Waals surface area contributed by atoms with Crippen molar-refractivity contribution in [2.24, 2.45) is 5.10 Å². The van der Waals surface area contributed by atoms with Crippen molar-refractivity contribution in [3.05, 3.63) is 29.8 Å². The summed E-state index contributed by atoms with van der Waals surface area (Å²) in [6, 6.07) is 7.27. The molecule has 0 aliphatic heterocycles. The highest BCUT2D eigenvalue weighted by atomic mass is 16.2. The van der Waals surface area contributed by atoms with Crippen molar-refractivity contribution in [2.75, 3.05) is 5.32 Å². The predicted molar refractivity (Wildman–Crippen MR) is 80.6 cm³/mol. The van der Waals surface area contributed by atoms with Crippen molar-refractivity contribution in [3.63, 3.8) is 0 Å². The molecule has 2 amide bonds. The lowest BCUT2D eigenvalue weighted by molar-refractivity contribution is -0.136. The molecule has 2 N–H and O–H groups in total. The first-order chi connectivity index (χ1) is 9.54. The normalized spacial score (nSPS) is 11.1. The summed E-state index contributed by atoms with van der Waals surface area (Å²) in [6.07, 6.45) is 2.89. The smallest absolute Gasteiger partial charge is 0.317 e. The summed E-state index contributed by atoms with van der Waals surface area (Å²) < 4.78 is 0. The lowest BCUT2D eigenvalue weighted by Crippen LogP contribution is -2.33. The Labute approximate surface area is 119 Å². The highest BCUT2D eigenvalue weighted by Gasteiger charge is 2.13. The Hall–Kier alpha value is -2.17. The monoisotopic (exact) mass is 275 g/mol. The Bertz CT molecular complexity index is 510. The molecule has 5 heteroatoms. The molecule has 0 aliphatic carbocycles. The number of carbonyl (C=O) groups is 2. The van der Waals surface area contributed by atoms with Gasteiger partial charge in [0.15, 0.2) is 0 Å². The Kier molecular flexibility index (Phi) is 6.43. The number of hydrogen-bond acceptors (Lipinski definition) is 3. The number of unbranched alkanes of at least 4 members (excludes halogenated alkanes) is 1. The topological polar surface area (TPSA) is 70.6 Å². The van der Waals surface area contributed by atoms with Crippen molar-refractivity contribution in [1.82, 2.24) is 5.43 Å². The Morgan fingerprint density at radius 1 is 1.20 bits per heavy atom. The van der Waals surface area contributed by atoms with Gasteiger partial charge in [0.25, 0.3) is 0 Å². The maximum atomic E-state index is 11.7. The number of nitrogens with zero attached hydrogens (tertiary/aromatic N) is 1. The fourth-order valence-corrected chi connectivity index (χ4v) is 1.58. The molecular formula is C15H21N3O2. The predicted octanol–water partition coefficient (Wildman–Crippen LogP) is 2.62. The SMILES string of the molecule is CCCC/C(C)=N\NC(=O)C(=O)Nc1ccccc1C. The zero-order chi connectivity index (χ0) is 15.0. The van der Waals surface area contributed by atoms with Gasteiger partial charge >= 0.3 is 11.8 Å². The molecule has 1 rings (SSSR count). The molecule has 0 unspecified atom stereocenters. The van der Waals surface area contributed by atoms with Crippen LogP contribution in [0.25, 0.3) is 0 Å². The third-order valence-electron chi connectivity index (χ3n) is 2.84. The van der Waals surface area contributed by atoms with E-state index < -0.39 is 11.8 Å². The van der Waals surface area contributed by atoms with Crippen molar-refractivity contribution < 1.29 is 9.59 Å². The average Bonchev–Trinajstić information content (AvgIpc) is 2.44. The van der Waals surface area contributed by atoms with E-state index >= 15 is 0 Å². The van der Waals surface area contributed by atoms with Crippen LogP contribution in [0.15, 0.2) is 29.4 Å². The molecule has 0 spiro atoms. The minimum absolute atomic E-state index is 0.624. The number of nitrogens with one attached hydrogen (secondary N) is 2. The first-order valence-corrected chi connectivity index (χ1v) is 6.74. The van der Waals surface area contributed by atoms with Gasteiger partial charge in [0.05, 0.1) is 0 Å². The van der Waals surface area contributed by atoms with Crippen LogP contribution >= 0.6 is 0 Å². The maximum absolute atomic E-state index is 11.7. The van der Waals surface area contributed by atoms with E-state index in [0.717, 1.165) is 30.5 Å². The molecule has 108 valence electrons. The second kappa shape index (κ2) is 8.09. The fraction of sp³-hybridized carbons (Fsp3) is 0.400. The summed E-state index contributed by atoms with van der Waals surface area (Å²) in [5.41, 5.74) is 4.60. The number of carbonyl (C=O) groups excluding carboxylic acids is 2. The number of hydrogen-bond donors (Lipinski definition) is 2. The van der Waals surface area contributed by atoms with Gasteiger partial charge in [-0.05, 0) is 38.3 Å². The zero-order valence-corrected chi connectivity index (χ0v) is 12.2. The van der Waals surface area contributed by atoms with Crippen LogP contribution < -0.4 is 10.7 Å². The van der Waals surface area contributed by atoms with Crippen LogP contribution in [0.1, 0.15) is 38.7 Å². The molecule has 0 atom stereocenters. The molecule has 0 aliphatic rings. The van der Waals surface area contributed by atoms with E-state index in [0.29, 0.717) is 5.69 Å². The Balaban J connectivity index is 2.52. The molecule has 0 radical (unpaired) electrons. The largest absolute Gasteiger partial charge is 0.329 e. The van der Waals surface area contributed by atoms with E-state index in [1.165, 1.54) is 0 Å². The van der Waals surface area contributed by atoms with Gasteiger partial charge in [0, 0.05) is 11.4 Å². The summed E-state index contributed by atoms with van der Waals surface area (Å²) in [5.74, 6) is -1.48. The Morgan fingerprint density at radius 3 is 2.55 bits per heavy atom. The van der Waals surface area contributed by atoms with Gasteiger partial charge < -0.3 is 5.32 Å². The number of aryl methyl sites for hydroxylation is 1. The fourth-order valence-electron chi connectivity index (χ4n) is 1.58. The average molecular weight is 275 g/mol. The standard InChI is InChI=1S/C15H21N3O2/c1-4-5-9-12(3)17-18-15(20)14(19)16-13-10-7-6-8-11(13)2/h6-8,10H,4-5,9H2,1-3H3,(H,16,19)(H,18,20)/b17-12-. The molecule has 1 aromatic rings.